The maximum atomic E-state index is 12.1. The molecule has 0 unspecified atom stereocenters. The standard InChI is InChI=1S/C17H16N4O3S/c22-15(9-21-7-3-6-18-17(21)23)20-16-19-12(10-25-16)14-8-11-4-1-2-5-13(11)24-14/h1-2,4-5,8,10H,3,6-7,9H2,(H,18,23)(H,19,20,22). The van der Waals surface area contributed by atoms with Crippen LogP contribution in [0.4, 0.5) is 9.93 Å². The van der Waals surface area contributed by atoms with E-state index in [-0.39, 0.29) is 18.5 Å². The molecular weight excluding hydrogens is 340 g/mol. The molecule has 0 radical (unpaired) electrons. The van der Waals surface area contributed by atoms with Gasteiger partial charge in [0.15, 0.2) is 10.9 Å². The number of carbonyl (C=O) groups is 2. The second-order valence-corrected chi connectivity index (χ2v) is 6.60. The Bertz CT molecular complexity index is 900. The number of fused-ring (bicyclic) bond motifs is 1. The predicted octanol–water partition coefficient (Wildman–Crippen LogP) is 2.91. The third kappa shape index (κ3) is 3.34. The SMILES string of the molecule is O=C(CN1CCCNC1=O)Nc1nc(-c2cc3ccccc3o2)cs1. The minimum Gasteiger partial charge on any atom is -0.454 e. The van der Waals surface area contributed by atoms with Crippen LogP contribution in [0, 0.1) is 0 Å². The topological polar surface area (TPSA) is 87.5 Å². The van der Waals surface area contributed by atoms with Crippen LogP contribution in [0.1, 0.15) is 6.42 Å². The predicted molar refractivity (Wildman–Crippen MR) is 95.5 cm³/mol. The number of aromatic nitrogens is 1. The normalized spacial score (nSPS) is 14.6. The molecule has 25 heavy (non-hydrogen) atoms. The second kappa shape index (κ2) is 6.56. The summed E-state index contributed by atoms with van der Waals surface area (Å²) in [5, 5.41) is 8.79. The van der Waals surface area contributed by atoms with Gasteiger partial charge in [-0.05, 0) is 18.6 Å². The number of nitrogens with one attached hydrogen (secondary N) is 2. The van der Waals surface area contributed by atoms with Crippen molar-refractivity contribution in [1.29, 1.82) is 0 Å². The molecule has 4 rings (SSSR count). The van der Waals surface area contributed by atoms with Gasteiger partial charge in [0.1, 0.15) is 17.8 Å². The lowest BCUT2D eigenvalue weighted by Crippen LogP contribution is -2.49. The third-order valence-corrected chi connectivity index (χ3v) is 4.69. The quantitative estimate of drug-likeness (QED) is 0.752. The van der Waals surface area contributed by atoms with Crippen molar-refractivity contribution in [1.82, 2.24) is 15.2 Å². The van der Waals surface area contributed by atoms with Crippen molar-refractivity contribution in [2.24, 2.45) is 0 Å². The molecule has 1 fully saturated rings. The molecule has 3 aromatic rings. The van der Waals surface area contributed by atoms with Gasteiger partial charge in [0.05, 0.1) is 0 Å². The van der Waals surface area contributed by atoms with Crippen molar-refractivity contribution in [3.8, 4) is 11.5 Å². The van der Waals surface area contributed by atoms with Crippen LogP contribution in [0.25, 0.3) is 22.4 Å². The number of carbonyl (C=O) groups excluding carboxylic acids is 2. The summed E-state index contributed by atoms with van der Waals surface area (Å²) in [5.41, 5.74) is 1.47. The van der Waals surface area contributed by atoms with Crippen molar-refractivity contribution in [3.05, 3.63) is 35.7 Å². The number of thiazole rings is 1. The van der Waals surface area contributed by atoms with Gasteiger partial charge in [0.2, 0.25) is 5.91 Å². The summed E-state index contributed by atoms with van der Waals surface area (Å²) in [4.78, 5) is 29.7. The molecule has 2 N–H and O–H groups in total. The highest BCUT2D eigenvalue weighted by Crippen LogP contribution is 2.30. The third-order valence-electron chi connectivity index (χ3n) is 3.93. The number of amides is 3. The zero-order chi connectivity index (χ0) is 17.2. The Labute approximate surface area is 147 Å². The van der Waals surface area contributed by atoms with Crippen molar-refractivity contribution in [2.45, 2.75) is 6.42 Å². The van der Waals surface area contributed by atoms with Gasteiger partial charge in [-0.1, -0.05) is 18.2 Å². The molecule has 7 nitrogen and oxygen atoms in total. The van der Waals surface area contributed by atoms with E-state index in [4.69, 9.17) is 4.42 Å². The van der Waals surface area contributed by atoms with Crippen LogP contribution >= 0.6 is 11.3 Å². The van der Waals surface area contributed by atoms with Crippen molar-refractivity contribution < 1.29 is 14.0 Å². The van der Waals surface area contributed by atoms with E-state index in [1.807, 2.05) is 35.7 Å². The average molecular weight is 356 g/mol. The van der Waals surface area contributed by atoms with E-state index < -0.39 is 0 Å². The number of para-hydroxylation sites is 1. The van der Waals surface area contributed by atoms with Crippen LogP contribution in [0.2, 0.25) is 0 Å². The van der Waals surface area contributed by atoms with E-state index >= 15 is 0 Å². The van der Waals surface area contributed by atoms with Gasteiger partial charge >= 0.3 is 6.03 Å². The van der Waals surface area contributed by atoms with E-state index in [0.717, 1.165) is 17.4 Å². The fourth-order valence-electron chi connectivity index (χ4n) is 2.71. The second-order valence-electron chi connectivity index (χ2n) is 5.74. The van der Waals surface area contributed by atoms with Crippen LogP contribution in [-0.2, 0) is 4.79 Å². The maximum Gasteiger partial charge on any atom is 0.317 e. The van der Waals surface area contributed by atoms with Gasteiger partial charge in [0.25, 0.3) is 0 Å². The van der Waals surface area contributed by atoms with Gasteiger partial charge in [-0.2, -0.15) is 0 Å². The molecular formula is C17H16N4O3S. The summed E-state index contributed by atoms with van der Waals surface area (Å²) in [6.45, 7) is 1.26. The van der Waals surface area contributed by atoms with E-state index in [1.165, 1.54) is 16.2 Å². The molecule has 128 valence electrons. The van der Waals surface area contributed by atoms with E-state index in [1.54, 1.807) is 0 Å². The fourth-order valence-corrected chi connectivity index (χ4v) is 3.43. The lowest BCUT2D eigenvalue weighted by Gasteiger charge is -2.26. The Morgan fingerprint density at radius 3 is 3.12 bits per heavy atom. The average Bonchev–Trinajstić information content (AvgIpc) is 3.23. The fraction of sp³-hybridized carbons (Fsp3) is 0.235. The minimum absolute atomic E-state index is 0.0192. The first-order valence-corrected chi connectivity index (χ1v) is 8.84. The highest BCUT2D eigenvalue weighted by molar-refractivity contribution is 7.14. The summed E-state index contributed by atoms with van der Waals surface area (Å²) in [5.74, 6) is 0.399. The minimum atomic E-state index is -0.262. The Morgan fingerprint density at radius 1 is 1.40 bits per heavy atom. The smallest absolute Gasteiger partial charge is 0.317 e. The monoisotopic (exact) mass is 356 g/mol. The van der Waals surface area contributed by atoms with Gasteiger partial charge in [-0.15, -0.1) is 11.3 Å². The van der Waals surface area contributed by atoms with Crippen LogP contribution in [0.5, 0.6) is 0 Å². The first-order valence-electron chi connectivity index (χ1n) is 7.96. The molecule has 0 spiro atoms. The Hall–Kier alpha value is -2.87. The Morgan fingerprint density at radius 2 is 2.28 bits per heavy atom. The molecule has 3 heterocycles. The highest BCUT2D eigenvalue weighted by atomic mass is 32.1. The van der Waals surface area contributed by atoms with Crippen LogP contribution < -0.4 is 10.6 Å². The van der Waals surface area contributed by atoms with Crippen LogP contribution in [0.3, 0.4) is 0 Å². The molecule has 8 heteroatoms. The molecule has 1 saturated heterocycles. The number of furan rings is 1. The lowest BCUT2D eigenvalue weighted by molar-refractivity contribution is -0.116. The molecule has 1 aromatic carbocycles. The molecule has 0 bridgehead atoms. The molecule has 1 aliphatic heterocycles. The molecule has 3 amide bonds. The number of anilines is 1. The molecule has 0 saturated carbocycles. The Kier molecular flexibility index (Phi) is 4.10. The van der Waals surface area contributed by atoms with Crippen molar-refractivity contribution >= 4 is 39.4 Å². The summed E-state index contributed by atoms with van der Waals surface area (Å²) in [6, 6.07) is 9.46. The van der Waals surface area contributed by atoms with Crippen LogP contribution in [0.15, 0.2) is 40.1 Å². The van der Waals surface area contributed by atoms with E-state index in [0.29, 0.717) is 29.7 Å². The van der Waals surface area contributed by atoms with E-state index in [2.05, 4.69) is 15.6 Å². The number of rotatable bonds is 4. The molecule has 0 atom stereocenters. The molecule has 0 aliphatic carbocycles. The first-order chi connectivity index (χ1) is 12.2. The maximum absolute atomic E-state index is 12.1. The lowest BCUT2D eigenvalue weighted by atomic mass is 10.2. The molecule has 2 aromatic heterocycles. The summed E-state index contributed by atoms with van der Waals surface area (Å²) >= 11 is 1.32. The summed E-state index contributed by atoms with van der Waals surface area (Å²) < 4.78 is 5.78. The van der Waals surface area contributed by atoms with Crippen LogP contribution in [-0.4, -0.2) is 41.5 Å². The van der Waals surface area contributed by atoms with Gasteiger partial charge < -0.3 is 20.0 Å². The number of benzene rings is 1. The zero-order valence-corrected chi connectivity index (χ0v) is 14.1. The first kappa shape index (κ1) is 15.6. The van der Waals surface area contributed by atoms with E-state index in [9.17, 15) is 9.59 Å². The molecule has 1 aliphatic rings. The highest BCUT2D eigenvalue weighted by Gasteiger charge is 2.20. The number of urea groups is 1. The number of hydrogen-bond donors (Lipinski definition) is 2. The zero-order valence-electron chi connectivity index (χ0n) is 13.3. The summed E-state index contributed by atoms with van der Waals surface area (Å²) in [6.07, 6.45) is 0.840. The number of nitrogens with zero attached hydrogens (tertiary/aromatic N) is 2. The van der Waals surface area contributed by atoms with Gasteiger partial charge in [-0.25, -0.2) is 9.78 Å². The summed E-state index contributed by atoms with van der Waals surface area (Å²) in [7, 11) is 0. The number of hydrogen-bond acceptors (Lipinski definition) is 5. The van der Waals surface area contributed by atoms with Gasteiger partial charge in [-0.3, -0.25) is 4.79 Å². The van der Waals surface area contributed by atoms with Crippen molar-refractivity contribution in [3.63, 3.8) is 0 Å². The largest absolute Gasteiger partial charge is 0.454 e. The van der Waals surface area contributed by atoms with Crippen molar-refractivity contribution in [2.75, 3.05) is 25.0 Å². The van der Waals surface area contributed by atoms with Gasteiger partial charge in [0, 0.05) is 23.9 Å². The Balaban J connectivity index is 1.44.